The zero-order chi connectivity index (χ0) is 24.2. The fraction of sp³-hybridized carbons (Fsp3) is 0.296. The van der Waals surface area contributed by atoms with Crippen LogP contribution in [0.15, 0.2) is 66.7 Å². The third kappa shape index (κ3) is 6.23. The van der Waals surface area contributed by atoms with Crippen LogP contribution in [0.3, 0.4) is 0 Å². The first-order chi connectivity index (χ1) is 15.6. The molecule has 0 saturated heterocycles. The first kappa shape index (κ1) is 24.5. The van der Waals surface area contributed by atoms with Crippen LogP contribution in [0, 0.1) is 20.8 Å². The predicted molar refractivity (Wildman–Crippen MR) is 135 cm³/mol. The van der Waals surface area contributed by atoms with Gasteiger partial charge in [0.2, 0.25) is 10.0 Å². The third-order valence-electron chi connectivity index (χ3n) is 5.77. The lowest BCUT2D eigenvalue weighted by molar-refractivity contribution is 0.0935. The summed E-state index contributed by atoms with van der Waals surface area (Å²) < 4.78 is 26.5. The van der Waals surface area contributed by atoms with Gasteiger partial charge in [0, 0.05) is 5.56 Å². The molecular formula is C27H32N2O3S. The summed E-state index contributed by atoms with van der Waals surface area (Å²) >= 11 is 0. The van der Waals surface area contributed by atoms with Gasteiger partial charge in [-0.15, -0.1) is 0 Å². The Labute approximate surface area is 197 Å². The first-order valence-electron chi connectivity index (χ1n) is 11.1. The maximum atomic E-state index is 12.8. The van der Waals surface area contributed by atoms with Crippen molar-refractivity contribution in [3.8, 4) is 0 Å². The summed E-state index contributed by atoms with van der Waals surface area (Å²) in [4.78, 5) is 12.8. The zero-order valence-corrected chi connectivity index (χ0v) is 20.7. The Morgan fingerprint density at radius 3 is 2.09 bits per heavy atom. The molecule has 0 aliphatic carbocycles. The molecule has 0 fully saturated rings. The van der Waals surface area contributed by atoms with Crippen molar-refractivity contribution in [2.45, 2.75) is 46.7 Å². The van der Waals surface area contributed by atoms with Crippen LogP contribution < -0.4 is 9.62 Å². The molecule has 0 radical (unpaired) electrons. The number of nitrogens with zero attached hydrogens (tertiary/aromatic N) is 1. The Hall–Kier alpha value is -3.12. The van der Waals surface area contributed by atoms with Crippen molar-refractivity contribution in [3.05, 3.63) is 100 Å². The van der Waals surface area contributed by atoms with Crippen LogP contribution in [0.25, 0.3) is 0 Å². The summed E-state index contributed by atoms with van der Waals surface area (Å²) in [6.45, 7) is 8.12. The number of amides is 1. The van der Waals surface area contributed by atoms with Gasteiger partial charge >= 0.3 is 0 Å². The van der Waals surface area contributed by atoms with E-state index in [2.05, 4.69) is 5.32 Å². The standard InChI is InChI=1S/C27H32N2O3S/c1-6-25(23-13-8-19(2)9-14-23)28-27(30)24-15-11-22(12-16-24)18-29(33(5,31)32)26-17-20(3)7-10-21(26)4/h7-17,25H,6,18H2,1-5H3,(H,28,30)/t25-/m0/s1. The van der Waals surface area contributed by atoms with E-state index < -0.39 is 10.0 Å². The van der Waals surface area contributed by atoms with Gasteiger partial charge in [-0.05, 0) is 67.6 Å². The number of anilines is 1. The second-order valence-corrected chi connectivity index (χ2v) is 10.5. The Kier molecular flexibility index (Phi) is 7.59. The molecule has 0 aliphatic rings. The van der Waals surface area contributed by atoms with Crippen LogP contribution in [0.1, 0.15) is 57.6 Å². The zero-order valence-electron chi connectivity index (χ0n) is 19.9. The van der Waals surface area contributed by atoms with Crippen molar-refractivity contribution in [1.29, 1.82) is 0 Å². The largest absolute Gasteiger partial charge is 0.345 e. The second-order valence-electron chi connectivity index (χ2n) is 8.60. The lowest BCUT2D eigenvalue weighted by Gasteiger charge is -2.25. The number of benzene rings is 3. The number of hydrogen-bond donors (Lipinski definition) is 1. The van der Waals surface area contributed by atoms with Crippen molar-refractivity contribution < 1.29 is 13.2 Å². The van der Waals surface area contributed by atoms with E-state index in [9.17, 15) is 13.2 Å². The molecule has 0 aliphatic heterocycles. The quantitative estimate of drug-likeness (QED) is 0.481. The van der Waals surface area contributed by atoms with Gasteiger partial charge < -0.3 is 5.32 Å². The number of aryl methyl sites for hydroxylation is 3. The Bertz CT molecular complexity index is 1220. The molecular weight excluding hydrogens is 432 g/mol. The number of carbonyl (C=O) groups is 1. The average molecular weight is 465 g/mol. The lowest BCUT2D eigenvalue weighted by Crippen LogP contribution is -2.30. The van der Waals surface area contributed by atoms with E-state index in [0.29, 0.717) is 11.3 Å². The lowest BCUT2D eigenvalue weighted by atomic mass is 10.0. The summed E-state index contributed by atoms with van der Waals surface area (Å²) in [5.74, 6) is -0.150. The van der Waals surface area contributed by atoms with Gasteiger partial charge in [-0.1, -0.05) is 61.0 Å². The monoisotopic (exact) mass is 464 g/mol. The van der Waals surface area contributed by atoms with Crippen LogP contribution in [-0.4, -0.2) is 20.6 Å². The highest BCUT2D eigenvalue weighted by atomic mass is 32.2. The highest BCUT2D eigenvalue weighted by Crippen LogP contribution is 2.26. The van der Waals surface area contributed by atoms with E-state index in [1.54, 1.807) is 12.1 Å². The summed E-state index contributed by atoms with van der Waals surface area (Å²) in [7, 11) is -3.48. The van der Waals surface area contributed by atoms with Crippen LogP contribution in [0.4, 0.5) is 5.69 Å². The molecule has 0 saturated carbocycles. The molecule has 1 amide bonds. The van der Waals surface area contributed by atoms with Crippen molar-refractivity contribution in [2.24, 2.45) is 0 Å². The molecule has 1 atom stereocenters. The van der Waals surface area contributed by atoms with Crippen LogP contribution in [-0.2, 0) is 16.6 Å². The molecule has 3 aromatic rings. The summed E-state index contributed by atoms with van der Waals surface area (Å²) in [6, 6.07) is 21.0. The van der Waals surface area contributed by atoms with E-state index in [1.807, 2.05) is 82.3 Å². The molecule has 0 bridgehead atoms. The Balaban J connectivity index is 1.77. The SMILES string of the molecule is CC[C@H](NC(=O)c1ccc(CN(c2cc(C)ccc2C)S(C)(=O)=O)cc1)c1ccc(C)cc1. The predicted octanol–water partition coefficient (Wildman–Crippen LogP) is 5.46. The number of carbonyl (C=O) groups excluding carboxylic acids is 1. The topological polar surface area (TPSA) is 66.5 Å². The van der Waals surface area contributed by atoms with Crippen molar-refractivity contribution >= 4 is 21.6 Å². The minimum atomic E-state index is -3.48. The number of sulfonamides is 1. The van der Waals surface area contributed by atoms with Gasteiger partial charge in [-0.2, -0.15) is 0 Å². The summed E-state index contributed by atoms with van der Waals surface area (Å²) in [6.07, 6.45) is 2.00. The number of nitrogens with one attached hydrogen (secondary N) is 1. The molecule has 0 unspecified atom stereocenters. The Morgan fingerprint density at radius 2 is 1.52 bits per heavy atom. The van der Waals surface area contributed by atoms with Crippen LogP contribution in [0.5, 0.6) is 0 Å². The van der Waals surface area contributed by atoms with Crippen molar-refractivity contribution in [2.75, 3.05) is 10.6 Å². The second kappa shape index (κ2) is 10.2. The molecule has 33 heavy (non-hydrogen) atoms. The molecule has 3 aromatic carbocycles. The average Bonchev–Trinajstić information content (AvgIpc) is 2.78. The van der Waals surface area contributed by atoms with E-state index in [-0.39, 0.29) is 18.5 Å². The summed E-state index contributed by atoms with van der Waals surface area (Å²) in [5, 5.41) is 3.10. The van der Waals surface area contributed by atoms with Gasteiger partial charge in [-0.25, -0.2) is 8.42 Å². The normalized spacial score (nSPS) is 12.3. The van der Waals surface area contributed by atoms with Gasteiger partial charge in [0.1, 0.15) is 0 Å². The highest BCUT2D eigenvalue weighted by Gasteiger charge is 2.20. The van der Waals surface area contributed by atoms with Crippen molar-refractivity contribution in [3.63, 3.8) is 0 Å². The van der Waals surface area contributed by atoms with E-state index in [4.69, 9.17) is 0 Å². The van der Waals surface area contributed by atoms with Gasteiger partial charge in [0.15, 0.2) is 0 Å². The molecule has 5 nitrogen and oxygen atoms in total. The van der Waals surface area contributed by atoms with Crippen LogP contribution in [0.2, 0.25) is 0 Å². The minimum Gasteiger partial charge on any atom is -0.345 e. The fourth-order valence-electron chi connectivity index (χ4n) is 3.76. The number of rotatable bonds is 8. The molecule has 3 rings (SSSR count). The fourth-order valence-corrected chi connectivity index (χ4v) is 4.70. The van der Waals surface area contributed by atoms with E-state index in [1.165, 1.54) is 16.1 Å². The molecule has 174 valence electrons. The van der Waals surface area contributed by atoms with Gasteiger partial charge in [-0.3, -0.25) is 9.10 Å². The maximum absolute atomic E-state index is 12.8. The van der Waals surface area contributed by atoms with E-state index in [0.717, 1.165) is 28.7 Å². The number of hydrogen-bond acceptors (Lipinski definition) is 3. The minimum absolute atomic E-state index is 0.0669. The molecule has 1 N–H and O–H groups in total. The molecule has 6 heteroatoms. The molecule has 0 aromatic heterocycles. The van der Waals surface area contributed by atoms with Gasteiger partial charge in [0.05, 0.1) is 24.5 Å². The smallest absolute Gasteiger partial charge is 0.251 e. The maximum Gasteiger partial charge on any atom is 0.251 e. The molecule has 0 spiro atoms. The van der Waals surface area contributed by atoms with E-state index >= 15 is 0 Å². The highest BCUT2D eigenvalue weighted by molar-refractivity contribution is 7.92. The third-order valence-corrected chi connectivity index (χ3v) is 6.90. The van der Waals surface area contributed by atoms with Gasteiger partial charge in [0.25, 0.3) is 5.91 Å². The Morgan fingerprint density at radius 1 is 0.909 bits per heavy atom. The summed E-state index contributed by atoms with van der Waals surface area (Å²) in [5.41, 5.74) is 6.16. The van der Waals surface area contributed by atoms with Crippen molar-refractivity contribution in [1.82, 2.24) is 5.32 Å². The van der Waals surface area contributed by atoms with Crippen LogP contribution >= 0.6 is 0 Å². The molecule has 0 heterocycles. The first-order valence-corrected chi connectivity index (χ1v) is 12.9.